The molecule has 0 amide bonds. The van der Waals surface area contributed by atoms with Crippen LogP contribution in [0, 0.1) is 0 Å². The van der Waals surface area contributed by atoms with Crippen molar-refractivity contribution in [2.75, 3.05) is 0 Å². The number of nitrogens with zero attached hydrogens (tertiary/aromatic N) is 2. The minimum atomic E-state index is -3.45. The van der Waals surface area contributed by atoms with Crippen LogP contribution in [0.25, 0.3) is 0 Å². The molecular weight excluding hydrogens is 236 g/mol. The molecule has 0 aliphatic heterocycles. The number of hydrogen-bond acceptors (Lipinski definition) is 3. The minimum absolute atomic E-state index is 0.485. The standard InChI is InChI=1S/C9H13ClN2O2S/c1-2-12-7-8(6-11-12)5-9(3-4-9)15(10,13)14/h6-7H,2-5H2,1H3. The summed E-state index contributed by atoms with van der Waals surface area (Å²) in [4.78, 5) is 0. The molecule has 0 spiro atoms. The average Bonchev–Trinajstić information content (AvgIpc) is 2.78. The minimum Gasteiger partial charge on any atom is -0.273 e. The molecule has 1 aliphatic rings. The highest BCUT2D eigenvalue weighted by Gasteiger charge is 2.53. The maximum atomic E-state index is 11.3. The van der Waals surface area contributed by atoms with Crippen LogP contribution in [0.15, 0.2) is 12.4 Å². The van der Waals surface area contributed by atoms with Crippen LogP contribution in [0.4, 0.5) is 0 Å². The van der Waals surface area contributed by atoms with Crippen LogP contribution >= 0.6 is 10.7 Å². The van der Waals surface area contributed by atoms with Crippen molar-refractivity contribution in [2.45, 2.75) is 37.5 Å². The summed E-state index contributed by atoms with van der Waals surface area (Å²) >= 11 is 0. The van der Waals surface area contributed by atoms with Crippen molar-refractivity contribution < 1.29 is 8.42 Å². The number of hydrogen-bond donors (Lipinski definition) is 0. The largest absolute Gasteiger partial charge is 0.273 e. The van der Waals surface area contributed by atoms with E-state index in [2.05, 4.69) is 5.10 Å². The molecule has 1 fully saturated rings. The fraction of sp³-hybridized carbons (Fsp3) is 0.667. The predicted octanol–water partition coefficient (Wildman–Crippen LogP) is 1.55. The van der Waals surface area contributed by atoms with Crippen LogP contribution in [0.3, 0.4) is 0 Å². The number of rotatable bonds is 4. The molecule has 4 nitrogen and oxygen atoms in total. The van der Waals surface area contributed by atoms with Crippen molar-refractivity contribution in [1.29, 1.82) is 0 Å². The maximum absolute atomic E-state index is 11.3. The van der Waals surface area contributed by atoms with Gasteiger partial charge in [-0.2, -0.15) is 5.10 Å². The molecule has 0 saturated heterocycles. The first kappa shape index (κ1) is 11.0. The third kappa shape index (κ3) is 2.03. The van der Waals surface area contributed by atoms with Gasteiger partial charge in [0.2, 0.25) is 9.05 Å². The predicted molar refractivity (Wildman–Crippen MR) is 58.3 cm³/mol. The first-order valence-electron chi connectivity index (χ1n) is 4.92. The van der Waals surface area contributed by atoms with E-state index in [1.807, 2.05) is 13.1 Å². The van der Waals surface area contributed by atoms with Crippen LogP contribution in [0.5, 0.6) is 0 Å². The van der Waals surface area contributed by atoms with E-state index in [1.165, 1.54) is 0 Å². The highest BCUT2D eigenvalue weighted by Crippen LogP contribution is 2.47. The Morgan fingerprint density at radius 3 is 2.67 bits per heavy atom. The van der Waals surface area contributed by atoms with E-state index in [4.69, 9.17) is 10.7 Å². The third-order valence-corrected chi connectivity index (χ3v) is 5.43. The Bertz CT molecular complexity index is 462. The summed E-state index contributed by atoms with van der Waals surface area (Å²) in [7, 11) is 1.97. The molecule has 1 aliphatic carbocycles. The molecule has 1 aromatic heterocycles. The van der Waals surface area contributed by atoms with Gasteiger partial charge in [0.1, 0.15) is 0 Å². The van der Waals surface area contributed by atoms with Crippen molar-refractivity contribution in [2.24, 2.45) is 0 Å². The fourth-order valence-electron chi connectivity index (χ4n) is 1.69. The summed E-state index contributed by atoms with van der Waals surface area (Å²) in [5.74, 6) is 0. The summed E-state index contributed by atoms with van der Waals surface area (Å²) in [6.45, 7) is 2.78. The van der Waals surface area contributed by atoms with Crippen LogP contribution in [-0.4, -0.2) is 22.9 Å². The van der Waals surface area contributed by atoms with Gasteiger partial charge in [-0.3, -0.25) is 4.68 Å². The summed E-state index contributed by atoms with van der Waals surface area (Å²) < 4.78 is 23.7. The van der Waals surface area contributed by atoms with Crippen LogP contribution in [0.1, 0.15) is 25.3 Å². The summed E-state index contributed by atoms with van der Waals surface area (Å²) in [5, 5.41) is 4.11. The second-order valence-corrected chi connectivity index (χ2v) is 6.96. The van der Waals surface area contributed by atoms with E-state index in [1.54, 1.807) is 10.9 Å². The van der Waals surface area contributed by atoms with Gasteiger partial charge in [-0.25, -0.2) is 8.42 Å². The Kier molecular flexibility index (Phi) is 2.55. The van der Waals surface area contributed by atoms with E-state index in [9.17, 15) is 8.42 Å². The Labute approximate surface area is 93.7 Å². The molecule has 0 aromatic carbocycles. The van der Waals surface area contributed by atoms with Gasteiger partial charge in [-0.05, 0) is 31.7 Å². The van der Waals surface area contributed by atoms with E-state index >= 15 is 0 Å². The van der Waals surface area contributed by atoms with Crippen molar-refractivity contribution in [3.05, 3.63) is 18.0 Å². The molecule has 0 bridgehead atoms. The molecule has 0 N–H and O–H groups in total. The van der Waals surface area contributed by atoms with Crippen molar-refractivity contribution >= 4 is 19.7 Å². The van der Waals surface area contributed by atoms with E-state index in [0.29, 0.717) is 19.3 Å². The molecule has 6 heteroatoms. The lowest BCUT2D eigenvalue weighted by molar-refractivity contribution is 0.590. The Morgan fingerprint density at radius 2 is 2.27 bits per heavy atom. The summed E-state index contributed by atoms with van der Waals surface area (Å²) in [6.07, 6.45) is 5.40. The lowest BCUT2D eigenvalue weighted by atomic mass is 10.2. The molecule has 1 heterocycles. The summed E-state index contributed by atoms with van der Waals surface area (Å²) in [5.41, 5.74) is 0.943. The fourth-order valence-corrected chi connectivity index (χ4v) is 3.24. The van der Waals surface area contributed by atoms with Gasteiger partial charge >= 0.3 is 0 Å². The Morgan fingerprint density at radius 1 is 1.60 bits per heavy atom. The van der Waals surface area contributed by atoms with Crippen LogP contribution in [-0.2, 0) is 22.0 Å². The molecular formula is C9H13ClN2O2S. The highest BCUT2D eigenvalue weighted by atomic mass is 35.7. The second kappa shape index (κ2) is 3.49. The van der Waals surface area contributed by atoms with Crippen molar-refractivity contribution in [1.82, 2.24) is 9.78 Å². The van der Waals surface area contributed by atoms with Crippen molar-refractivity contribution in [3.8, 4) is 0 Å². The second-order valence-electron chi connectivity index (χ2n) is 4.00. The number of aromatic nitrogens is 2. The van der Waals surface area contributed by atoms with E-state index in [-0.39, 0.29) is 0 Å². The monoisotopic (exact) mass is 248 g/mol. The highest BCUT2D eigenvalue weighted by molar-refractivity contribution is 8.15. The van der Waals surface area contributed by atoms with Gasteiger partial charge in [0.25, 0.3) is 0 Å². The molecule has 0 radical (unpaired) electrons. The zero-order valence-corrected chi connectivity index (χ0v) is 10.1. The molecule has 15 heavy (non-hydrogen) atoms. The van der Waals surface area contributed by atoms with E-state index < -0.39 is 13.8 Å². The lowest BCUT2D eigenvalue weighted by Crippen LogP contribution is -2.20. The molecule has 0 atom stereocenters. The maximum Gasteiger partial charge on any atom is 0.238 e. The van der Waals surface area contributed by atoms with Gasteiger partial charge in [0.15, 0.2) is 0 Å². The first-order valence-corrected chi connectivity index (χ1v) is 7.23. The normalized spacial score (nSPS) is 19.1. The first-order chi connectivity index (χ1) is 6.97. The van der Waals surface area contributed by atoms with Crippen molar-refractivity contribution in [3.63, 3.8) is 0 Å². The van der Waals surface area contributed by atoms with Gasteiger partial charge in [0, 0.05) is 23.4 Å². The Hall–Kier alpha value is -0.550. The quantitative estimate of drug-likeness (QED) is 0.760. The SMILES string of the molecule is CCn1cc(CC2(S(=O)(=O)Cl)CC2)cn1. The summed E-state index contributed by atoms with van der Waals surface area (Å²) in [6, 6.07) is 0. The zero-order valence-electron chi connectivity index (χ0n) is 8.48. The van der Waals surface area contributed by atoms with Crippen LogP contribution < -0.4 is 0 Å². The zero-order chi connectivity index (χ0) is 11.1. The van der Waals surface area contributed by atoms with Crippen LogP contribution in [0.2, 0.25) is 0 Å². The third-order valence-electron chi connectivity index (χ3n) is 2.86. The lowest BCUT2D eigenvalue weighted by Gasteiger charge is -2.08. The van der Waals surface area contributed by atoms with Gasteiger partial charge < -0.3 is 0 Å². The molecule has 84 valence electrons. The van der Waals surface area contributed by atoms with Gasteiger partial charge in [0.05, 0.1) is 10.9 Å². The van der Waals surface area contributed by atoms with E-state index in [0.717, 1.165) is 12.1 Å². The molecule has 0 unspecified atom stereocenters. The topological polar surface area (TPSA) is 52.0 Å². The molecule has 1 saturated carbocycles. The number of halogens is 1. The number of aryl methyl sites for hydroxylation is 1. The average molecular weight is 249 g/mol. The van der Waals surface area contributed by atoms with Gasteiger partial charge in [-0.15, -0.1) is 0 Å². The van der Waals surface area contributed by atoms with Gasteiger partial charge in [-0.1, -0.05) is 0 Å². The Balaban J connectivity index is 2.16. The molecule has 1 aromatic rings. The smallest absolute Gasteiger partial charge is 0.238 e. The molecule has 2 rings (SSSR count).